The molecule has 1 amide bonds. The van der Waals surface area contributed by atoms with Crippen LogP contribution in [0.5, 0.6) is 5.88 Å². The summed E-state index contributed by atoms with van der Waals surface area (Å²) < 4.78 is 16.0. The lowest BCUT2D eigenvalue weighted by atomic mass is 10.2. The van der Waals surface area contributed by atoms with Crippen LogP contribution in [0.2, 0.25) is 0 Å². The number of pyridine rings is 1. The Balaban J connectivity index is 1.39. The van der Waals surface area contributed by atoms with Crippen LogP contribution in [0.4, 0.5) is 0 Å². The van der Waals surface area contributed by atoms with Gasteiger partial charge in [0.15, 0.2) is 5.82 Å². The van der Waals surface area contributed by atoms with Gasteiger partial charge < -0.3 is 18.9 Å². The van der Waals surface area contributed by atoms with Crippen molar-refractivity contribution < 1.29 is 18.8 Å². The Morgan fingerprint density at radius 3 is 2.83 bits per heavy atom. The van der Waals surface area contributed by atoms with E-state index in [2.05, 4.69) is 15.1 Å². The van der Waals surface area contributed by atoms with Gasteiger partial charge in [-0.3, -0.25) is 4.79 Å². The van der Waals surface area contributed by atoms with Crippen LogP contribution in [0.15, 0.2) is 53.2 Å². The smallest absolute Gasteiger partial charge is 0.256 e. The lowest BCUT2D eigenvalue weighted by Crippen LogP contribution is -2.31. The monoisotopic (exact) mass is 394 g/mol. The molecule has 1 unspecified atom stereocenters. The molecule has 1 saturated heterocycles. The molecule has 0 aliphatic carbocycles. The highest BCUT2D eigenvalue weighted by molar-refractivity contribution is 5.94. The number of ether oxygens (including phenoxy) is 2. The highest BCUT2D eigenvalue weighted by Crippen LogP contribution is 2.31. The van der Waals surface area contributed by atoms with Crippen molar-refractivity contribution in [2.45, 2.75) is 32.1 Å². The first-order valence-corrected chi connectivity index (χ1v) is 9.50. The molecule has 3 heterocycles. The summed E-state index contributed by atoms with van der Waals surface area (Å²) in [7, 11) is 1.54. The summed E-state index contributed by atoms with van der Waals surface area (Å²) >= 11 is 0. The van der Waals surface area contributed by atoms with Gasteiger partial charge in [0.1, 0.15) is 6.61 Å². The molecule has 4 rings (SSSR count). The minimum absolute atomic E-state index is 0.102. The molecule has 0 N–H and O–H groups in total. The topological polar surface area (TPSA) is 90.6 Å². The Hall–Kier alpha value is -3.26. The molecule has 1 fully saturated rings. The number of benzene rings is 1. The summed E-state index contributed by atoms with van der Waals surface area (Å²) in [5.74, 6) is 1.28. The first-order chi connectivity index (χ1) is 14.2. The lowest BCUT2D eigenvalue weighted by molar-refractivity contribution is 0.0727. The number of nitrogens with zero attached hydrogens (tertiary/aromatic N) is 4. The quantitative estimate of drug-likeness (QED) is 0.608. The zero-order valence-corrected chi connectivity index (χ0v) is 16.2. The van der Waals surface area contributed by atoms with Crippen molar-refractivity contribution in [1.82, 2.24) is 20.0 Å². The van der Waals surface area contributed by atoms with Crippen molar-refractivity contribution in [3.05, 3.63) is 71.5 Å². The number of amides is 1. The molecule has 0 bridgehead atoms. The average Bonchev–Trinajstić information content (AvgIpc) is 3.43. The van der Waals surface area contributed by atoms with Crippen molar-refractivity contribution >= 4 is 5.91 Å². The second-order valence-corrected chi connectivity index (χ2v) is 6.77. The van der Waals surface area contributed by atoms with E-state index >= 15 is 0 Å². The van der Waals surface area contributed by atoms with Crippen LogP contribution in [0.1, 0.15) is 46.5 Å². The van der Waals surface area contributed by atoms with Gasteiger partial charge in [-0.2, -0.15) is 4.98 Å². The molecule has 0 saturated carbocycles. The van der Waals surface area contributed by atoms with Gasteiger partial charge in [-0.1, -0.05) is 35.5 Å². The van der Waals surface area contributed by atoms with Crippen LogP contribution in [-0.4, -0.2) is 39.6 Å². The van der Waals surface area contributed by atoms with E-state index in [1.165, 1.54) is 13.3 Å². The fourth-order valence-electron chi connectivity index (χ4n) is 3.36. The summed E-state index contributed by atoms with van der Waals surface area (Å²) in [4.78, 5) is 23.2. The Morgan fingerprint density at radius 1 is 1.21 bits per heavy atom. The molecule has 2 aromatic heterocycles. The molecule has 1 aliphatic heterocycles. The number of likely N-dealkylation sites (tertiary alicyclic amines) is 1. The number of methoxy groups -OCH3 is 1. The molecular weight excluding hydrogens is 372 g/mol. The van der Waals surface area contributed by atoms with Crippen LogP contribution >= 0.6 is 0 Å². The molecule has 1 atom stereocenters. The summed E-state index contributed by atoms with van der Waals surface area (Å²) in [6, 6.07) is 13.1. The van der Waals surface area contributed by atoms with E-state index in [0.29, 0.717) is 36.3 Å². The zero-order chi connectivity index (χ0) is 20.1. The maximum Gasteiger partial charge on any atom is 0.256 e. The van der Waals surface area contributed by atoms with E-state index in [4.69, 9.17) is 14.0 Å². The predicted octanol–water partition coefficient (Wildman–Crippen LogP) is 3.17. The van der Waals surface area contributed by atoms with E-state index in [0.717, 1.165) is 18.4 Å². The number of rotatable bonds is 7. The van der Waals surface area contributed by atoms with Crippen LogP contribution in [0.25, 0.3) is 0 Å². The van der Waals surface area contributed by atoms with Crippen molar-refractivity contribution in [1.29, 1.82) is 0 Å². The van der Waals surface area contributed by atoms with Crippen LogP contribution in [0, 0.1) is 0 Å². The second kappa shape index (κ2) is 8.83. The first-order valence-electron chi connectivity index (χ1n) is 9.50. The van der Waals surface area contributed by atoms with Gasteiger partial charge >= 0.3 is 0 Å². The average molecular weight is 394 g/mol. The molecule has 8 nitrogen and oxygen atoms in total. The van der Waals surface area contributed by atoms with Gasteiger partial charge in [0, 0.05) is 18.8 Å². The number of aromatic nitrogens is 3. The summed E-state index contributed by atoms with van der Waals surface area (Å²) in [6.45, 7) is 1.34. The maximum absolute atomic E-state index is 12.9. The Bertz CT molecular complexity index is 943. The predicted molar refractivity (Wildman–Crippen MR) is 103 cm³/mol. The number of carbonyl (C=O) groups excluding carboxylic acids is 1. The molecule has 0 spiro atoms. The van der Waals surface area contributed by atoms with E-state index in [1.54, 1.807) is 17.0 Å². The van der Waals surface area contributed by atoms with E-state index < -0.39 is 0 Å². The summed E-state index contributed by atoms with van der Waals surface area (Å²) in [5, 5.41) is 4.08. The SMILES string of the molecule is COc1ccc(C(=O)N2CCCC2c2noc(COCc3ccccc3)n2)cn1. The normalized spacial score (nSPS) is 16.2. The number of hydrogen-bond acceptors (Lipinski definition) is 7. The highest BCUT2D eigenvalue weighted by Gasteiger charge is 2.34. The minimum Gasteiger partial charge on any atom is -0.481 e. The van der Waals surface area contributed by atoms with E-state index in [9.17, 15) is 4.79 Å². The second-order valence-electron chi connectivity index (χ2n) is 6.77. The van der Waals surface area contributed by atoms with E-state index in [-0.39, 0.29) is 18.6 Å². The van der Waals surface area contributed by atoms with Crippen LogP contribution in [0.3, 0.4) is 0 Å². The standard InChI is InChI=1S/C21H22N4O4/c1-27-18-10-9-16(12-22-18)21(26)25-11-5-8-17(25)20-23-19(29-24-20)14-28-13-15-6-3-2-4-7-15/h2-4,6-7,9-10,12,17H,5,8,11,13-14H2,1H3. The molecule has 0 radical (unpaired) electrons. The molecule has 1 aromatic carbocycles. The van der Waals surface area contributed by atoms with E-state index in [1.807, 2.05) is 30.3 Å². The summed E-state index contributed by atoms with van der Waals surface area (Å²) in [6.07, 6.45) is 3.20. The molecular formula is C21H22N4O4. The summed E-state index contributed by atoms with van der Waals surface area (Å²) in [5.41, 5.74) is 1.58. The van der Waals surface area contributed by atoms with Crippen LogP contribution in [-0.2, 0) is 18.0 Å². The highest BCUT2D eigenvalue weighted by atomic mass is 16.5. The Labute approximate surface area is 168 Å². The zero-order valence-electron chi connectivity index (χ0n) is 16.2. The van der Waals surface area contributed by atoms with Crippen molar-refractivity contribution in [3.63, 3.8) is 0 Å². The molecule has 29 heavy (non-hydrogen) atoms. The fourth-order valence-corrected chi connectivity index (χ4v) is 3.36. The fraction of sp³-hybridized carbons (Fsp3) is 0.333. The molecule has 8 heteroatoms. The van der Waals surface area contributed by atoms with Crippen molar-refractivity contribution in [3.8, 4) is 5.88 Å². The lowest BCUT2D eigenvalue weighted by Gasteiger charge is -2.22. The first kappa shape index (κ1) is 19.1. The maximum atomic E-state index is 12.9. The number of carbonyl (C=O) groups is 1. The van der Waals surface area contributed by atoms with Gasteiger partial charge in [0.2, 0.25) is 5.88 Å². The molecule has 3 aromatic rings. The number of hydrogen-bond donors (Lipinski definition) is 0. The van der Waals surface area contributed by atoms with Gasteiger partial charge in [-0.05, 0) is 24.5 Å². The van der Waals surface area contributed by atoms with Gasteiger partial charge in [-0.15, -0.1) is 0 Å². The van der Waals surface area contributed by atoms with Crippen LogP contribution < -0.4 is 4.74 Å². The van der Waals surface area contributed by atoms with Gasteiger partial charge in [-0.25, -0.2) is 4.98 Å². The third kappa shape index (κ3) is 4.43. The van der Waals surface area contributed by atoms with Gasteiger partial charge in [0.05, 0.1) is 25.3 Å². The Morgan fingerprint density at radius 2 is 2.07 bits per heavy atom. The largest absolute Gasteiger partial charge is 0.481 e. The van der Waals surface area contributed by atoms with Crippen molar-refractivity contribution in [2.75, 3.05) is 13.7 Å². The third-order valence-corrected chi connectivity index (χ3v) is 4.83. The third-order valence-electron chi connectivity index (χ3n) is 4.83. The Kier molecular flexibility index (Phi) is 5.81. The van der Waals surface area contributed by atoms with Crippen molar-refractivity contribution in [2.24, 2.45) is 0 Å². The minimum atomic E-state index is -0.212. The molecule has 150 valence electrons. The van der Waals surface area contributed by atoms with Gasteiger partial charge in [0.25, 0.3) is 11.8 Å². The molecule has 1 aliphatic rings.